The van der Waals surface area contributed by atoms with Gasteiger partial charge in [-0.3, -0.25) is 4.79 Å². The predicted molar refractivity (Wildman–Crippen MR) is 108 cm³/mol. The smallest absolute Gasteiger partial charge is 0.303 e. The molecule has 0 heterocycles. The zero-order valence-electron chi connectivity index (χ0n) is 17.1. The van der Waals surface area contributed by atoms with Crippen molar-refractivity contribution in [2.45, 2.75) is 135 Å². The number of rotatable bonds is 20. The van der Waals surface area contributed by atoms with Crippen LogP contribution < -0.4 is 0 Å². The first-order valence-corrected chi connectivity index (χ1v) is 11.2. The molecule has 0 saturated carbocycles. The highest BCUT2D eigenvalue weighted by Gasteiger charge is 2.15. The summed E-state index contributed by atoms with van der Waals surface area (Å²) in [5.74, 6) is -0.690. The molecule has 0 aromatic carbocycles. The molecule has 2 atom stereocenters. The van der Waals surface area contributed by atoms with Crippen LogP contribution >= 0.6 is 0 Å². The molecule has 0 unspecified atom stereocenters. The van der Waals surface area contributed by atoms with Gasteiger partial charge in [0.25, 0.3) is 0 Å². The number of aliphatic hydroxyl groups excluding tert-OH is 2. The Labute approximate surface area is 161 Å². The maximum absolute atomic E-state index is 10.4. The maximum atomic E-state index is 10.4. The third-order valence-corrected chi connectivity index (χ3v) is 5.19. The van der Waals surface area contributed by atoms with E-state index in [9.17, 15) is 15.0 Å². The van der Waals surface area contributed by atoms with E-state index in [4.69, 9.17) is 5.11 Å². The van der Waals surface area contributed by atoms with Crippen LogP contribution in [-0.4, -0.2) is 33.5 Å². The fourth-order valence-corrected chi connectivity index (χ4v) is 3.39. The van der Waals surface area contributed by atoms with Crippen LogP contribution in [-0.2, 0) is 4.79 Å². The molecular weight excluding hydrogens is 328 g/mol. The van der Waals surface area contributed by atoms with E-state index in [1.165, 1.54) is 57.8 Å². The van der Waals surface area contributed by atoms with Gasteiger partial charge in [0.05, 0.1) is 12.2 Å². The molecule has 0 amide bonds. The topological polar surface area (TPSA) is 77.8 Å². The fraction of sp³-hybridized carbons (Fsp3) is 0.955. The summed E-state index contributed by atoms with van der Waals surface area (Å²) in [5, 5.41) is 28.6. The van der Waals surface area contributed by atoms with Crippen LogP contribution in [0.5, 0.6) is 0 Å². The number of carboxylic acid groups (broad SMARTS) is 1. The Balaban J connectivity index is 3.31. The average Bonchev–Trinajstić information content (AvgIpc) is 2.61. The van der Waals surface area contributed by atoms with Crippen LogP contribution in [0.1, 0.15) is 122 Å². The van der Waals surface area contributed by atoms with Gasteiger partial charge in [-0.05, 0) is 19.3 Å². The second-order valence-electron chi connectivity index (χ2n) is 7.81. The third-order valence-electron chi connectivity index (χ3n) is 5.19. The van der Waals surface area contributed by atoms with Gasteiger partial charge in [0.1, 0.15) is 0 Å². The molecule has 4 heteroatoms. The molecule has 0 radical (unpaired) electrons. The molecule has 0 aliphatic carbocycles. The number of carboxylic acids is 1. The van der Waals surface area contributed by atoms with Crippen molar-refractivity contribution < 1.29 is 20.1 Å². The van der Waals surface area contributed by atoms with Crippen molar-refractivity contribution in [1.82, 2.24) is 0 Å². The second-order valence-corrected chi connectivity index (χ2v) is 7.81. The van der Waals surface area contributed by atoms with E-state index >= 15 is 0 Å². The van der Waals surface area contributed by atoms with Crippen LogP contribution in [0.3, 0.4) is 0 Å². The number of aliphatic hydroxyl groups is 2. The normalized spacial score (nSPS) is 13.7. The first-order chi connectivity index (χ1) is 12.6. The molecule has 26 heavy (non-hydrogen) atoms. The highest BCUT2D eigenvalue weighted by molar-refractivity contribution is 5.66. The van der Waals surface area contributed by atoms with Crippen molar-refractivity contribution in [3.63, 3.8) is 0 Å². The summed E-state index contributed by atoms with van der Waals surface area (Å²) < 4.78 is 0. The minimum atomic E-state index is -0.690. The zero-order chi connectivity index (χ0) is 19.5. The summed E-state index contributed by atoms with van der Waals surface area (Å²) in [4.78, 5) is 10.4. The number of aliphatic carboxylic acids is 1. The molecule has 156 valence electrons. The van der Waals surface area contributed by atoms with E-state index in [0.717, 1.165) is 44.9 Å². The quantitative estimate of drug-likeness (QED) is 0.235. The summed E-state index contributed by atoms with van der Waals surface area (Å²) in [5.41, 5.74) is 0. The number of hydrogen-bond donors (Lipinski definition) is 3. The second kappa shape index (κ2) is 19.2. The van der Waals surface area contributed by atoms with E-state index in [1.807, 2.05) is 0 Å². The maximum Gasteiger partial charge on any atom is 0.303 e. The van der Waals surface area contributed by atoms with Gasteiger partial charge in [-0.25, -0.2) is 0 Å². The van der Waals surface area contributed by atoms with Crippen molar-refractivity contribution in [3.05, 3.63) is 0 Å². The van der Waals surface area contributed by atoms with Gasteiger partial charge in [0.2, 0.25) is 0 Å². The summed E-state index contributed by atoms with van der Waals surface area (Å²) in [6.45, 7) is 2.21. The highest BCUT2D eigenvalue weighted by atomic mass is 16.4. The lowest BCUT2D eigenvalue weighted by atomic mass is 9.99. The van der Waals surface area contributed by atoms with Crippen molar-refractivity contribution in [2.24, 2.45) is 0 Å². The molecule has 0 aromatic rings. The molecule has 0 saturated heterocycles. The molecule has 0 rings (SSSR count). The lowest BCUT2D eigenvalue weighted by Gasteiger charge is -2.17. The van der Waals surface area contributed by atoms with Gasteiger partial charge in [-0.2, -0.15) is 0 Å². The molecule has 0 aromatic heterocycles. The minimum absolute atomic E-state index is 0.299. The van der Waals surface area contributed by atoms with E-state index in [1.54, 1.807) is 0 Å². The van der Waals surface area contributed by atoms with Crippen LogP contribution in [0.15, 0.2) is 0 Å². The zero-order valence-corrected chi connectivity index (χ0v) is 17.1. The first-order valence-electron chi connectivity index (χ1n) is 11.2. The van der Waals surface area contributed by atoms with E-state index in [0.29, 0.717) is 12.8 Å². The Morgan fingerprint density at radius 1 is 0.615 bits per heavy atom. The molecule has 0 bridgehead atoms. The molecular formula is C22H44O4. The third kappa shape index (κ3) is 18.2. The summed E-state index contributed by atoms with van der Waals surface area (Å²) in [6.07, 6.45) is 17.8. The Kier molecular flexibility index (Phi) is 18.7. The Morgan fingerprint density at radius 2 is 0.962 bits per heavy atom. The number of unbranched alkanes of at least 4 members (excludes halogenated alkanes) is 13. The van der Waals surface area contributed by atoms with Crippen molar-refractivity contribution in [2.75, 3.05) is 0 Å². The lowest BCUT2D eigenvalue weighted by Crippen LogP contribution is -2.25. The monoisotopic (exact) mass is 372 g/mol. The van der Waals surface area contributed by atoms with Crippen molar-refractivity contribution >= 4 is 5.97 Å². The molecule has 4 nitrogen and oxygen atoms in total. The van der Waals surface area contributed by atoms with Gasteiger partial charge in [-0.15, -0.1) is 0 Å². The van der Waals surface area contributed by atoms with Crippen molar-refractivity contribution in [3.8, 4) is 0 Å². The van der Waals surface area contributed by atoms with Gasteiger partial charge in [0.15, 0.2) is 0 Å². The predicted octanol–water partition coefficient (Wildman–Crippen LogP) is 5.83. The van der Waals surface area contributed by atoms with E-state index in [-0.39, 0.29) is 0 Å². The summed E-state index contributed by atoms with van der Waals surface area (Å²) in [7, 11) is 0. The summed E-state index contributed by atoms with van der Waals surface area (Å²) in [6, 6.07) is 0. The van der Waals surface area contributed by atoms with E-state index in [2.05, 4.69) is 6.92 Å². The summed E-state index contributed by atoms with van der Waals surface area (Å²) >= 11 is 0. The van der Waals surface area contributed by atoms with Crippen molar-refractivity contribution in [1.29, 1.82) is 0 Å². The fourth-order valence-electron chi connectivity index (χ4n) is 3.39. The molecule has 0 spiro atoms. The first kappa shape index (κ1) is 25.4. The largest absolute Gasteiger partial charge is 0.481 e. The van der Waals surface area contributed by atoms with Gasteiger partial charge >= 0.3 is 5.97 Å². The van der Waals surface area contributed by atoms with Crippen LogP contribution in [0.25, 0.3) is 0 Å². The van der Waals surface area contributed by atoms with Crippen LogP contribution in [0.4, 0.5) is 0 Å². The van der Waals surface area contributed by atoms with E-state index < -0.39 is 18.2 Å². The molecule has 0 aliphatic heterocycles. The van der Waals surface area contributed by atoms with Gasteiger partial charge in [0, 0.05) is 6.42 Å². The van der Waals surface area contributed by atoms with Gasteiger partial charge < -0.3 is 15.3 Å². The minimum Gasteiger partial charge on any atom is -0.481 e. The number of hydrogen-bond acceptors (Lipinski definition) is 3. The molecule has 3 N–H and O–H groups in total. The van der Waals surface area contributed by atoms with Crippen LogP contribution in [0, 0.1) is 0 Å². The number of carbonyl (C=O) groups is 1. The van der Waals surface area contributed by atoms with Gasteiger partial charge in [-0.1, -0.05) is 96.8 Å². The van der Waals surface area contributed by atoms with Crippen LogP contribution in [0.2, 0.25) is 0 Å². The standard InChI is InChI=1S/C22H44O4/c1-2-3-4-5-11-14-17-20(23)21(24)18-15-12-9-7-6-8-10-13-16-19-22(25)26/h20-21,23-24H,2-19H2,1H3,(H,25,26)/t20-,21-/m1/s1. The lowest BCUT2D eigenvalue weighted by molar-refractivity contribution is -0.137. The SMILES string of the molecule is CCCCCCCC[C@@H](O)[C@H](O)CCCCCCCCCCCC(=O)O. The Hall–Kier alpha value is -0.610. The average molecular weight is 373 g/mol. The highest BCUT2D eigenvalue weighted by Crippen LogP contribution is 2.15. The molecule has 0 aliphatic rings. The Bertz CT molecular complexity index is 307. The Morgan fingerprint density at radius 3 is 1.35 bits per heavy atom. The molecule has 0 fully saturated rings.